The fourth-order valence-corrected chi connectivity index (χ4v) is 2.33. The first-order valence-corrected chi connectivity index (χ1v) is 6.35. The van der Waals surface area contributed by atoms with Crippen molar-refractivity contribution in [3.63, 3.8) is 0 Å². The summed E-state index contributed by atoms with van der Waals surface area (Å²) in [6.07, 6.45) is 7.45. The number of hydrogen-bond donors (Lipinski definition) is 1. The quantitative estimate of drug-likeness (QED) is 0.847. The molecule has 1 aliphatic rings. The van der Waals surface area contributed by atoms with Crippen LogP contribution in [0.2, 0.25) is 0 Å². The molecule has 0 bridgehead atoms. The maximum Gasteiger partial charge on any atom is 0.0947 e. The Morgan fingerprint density at radius 2 is 2.38 bits per heavy atom. The Bertz CT molecular complexity index is 284. The number of furan rings is 1. The van der Waals surface area contributed by atoms with Gasteiger partial charge in [-0.1, -0.05) is 6.92 Å². The van der Waals surface area contributed by atoms with Gasteiger partial charge in [0.05, 0.1) is 12.5 Å². The number of likely N-dealkylation sites (tertiary alicyclic amines) is 1. The molecule has 0 spiro atoms. The average molecular weight is 222 g/mol. The summed E-state index contributed by atoms with van der Waals surface area (Å²) < 4.78 is 5.07. The van der Waals surface area contributed by atoms with Crippen LogP contribution in [0.5, 0.6) is 0 Å². The summed E-state index contributed by atoms with van der Waals surface area (Å²) in [4.78, 5) is 2.54. The van der Waals surface area contributed by atoms with E-state index in [1.54, 1.807) is 6.26 Å². The average Bonchev–Trinajstić information content (AvgIpc) is 2.72. The molecule has 1 N–H and O–H groups in total. The van der Waals surface area contributed by atoms with Gasteiger partial charge in [-0.25, -0.2) is 0 Å². The fourth-order valence-electron chi connectivity index (χ4n) is 2.33. The molecule has 3 nitrogen and oxygen atoms in total. The highest BCUT2D eigenvalue weighted by atomic mass is 16.3. The molecule has 16 heavy (non-hydrogen) atoms. The Labute approximate surface area is 97.8 Å². The second-order valence-electron chi connectivity index (χ2n) is 4.57. The number of hydrogen-bond acceptors (Lipinski definition) is 3. The van der Waals surface area contributed by atoms with Gasteiger partial charge in [0.15, 0.2) is 0 Å². The molecular weight excluding hydrogens is 200 g/mol. The maximum atomic E-state index is 5.07. The van der Waals surface area contributed by atoms with E-state index in [9.17, 15) is 0 Å². The first-order valence-electron chi connectivity index (χ1n) is 6.35. The Kier molecular flexibility index (Phi) is 4.43. The SMILES string of the molecule is CCN1CCCC(NCc2ccoc2)CC1. The van der Waals surface area contributed by atoms with Crippen LogP contribution >= 0.6 is 0 Å². The summed E-state index contributed by atoms with van der Waals surface area (Å²) in [6, 6.07) is 2.70. The molecule has 1 aromatic heterocycles. The Morgan fingerprint density at radius 3 is 3.12 bits per heavy atom. The van der Waals surface area contributed by atoms with E-state index in [0.29, 0.717) is 6.04 Å². The van der Waals surface area contributed by atoms with Gasteiger partial charge in [-0.2, -0.15) is 0 Å². The van der Waals surface area contributed by atoms with Gasteiger partial charge >= 0.3 is 0 Å². The molecule has 3 heteroatoms. The predicted molar refractivity (Wildman–Crippen MR) is 65.3 cm³/mol. The highest BCUT2D eigenvalue weighted by Crippen LogP contribution is 2.11. The van der Waals surface area contributed by atoms with Crippen LogP contribution in [0.1, 0.15) is 31.7 Å². The van der Waals surface area contributed by atoms with Crippen LogP contribution in [0.25, 0.3) is 0 Å². The molecule has 1 atom stereocenters. The molecule has 2 rings (SSSR count). The van der Waals surface area contributed by atoms with Crippen LogP contribution in [0, 0.1) is 0 Å². The van der Waals surface area contributed by atoms with Crippen LogP contribution < -0.4 is 5.32 Å². The number of nitrogens with zero attached hydrogens (tertiary/aromatic N) is 1. The molecule has 0 amide bonds. The molecule has 1 fully saturated rings. The van der Waals surface area contributed by atoms with Gasteiger partial charge in [0.2, 0.25) is 0 Å². The molecular formula is C13H22N2O. The minimum Gasteiger partial charge on any atom is -0.472 e. The van der Waals surface area contributed by atoms with Crippen LogP contribution in [0.15, 0.2) is 23.0 Å². The lowest BCUT2D eigenvalue weighted by atomic mass is 10.1. The van der Waals surface area contributed by atoms with Crippen LogP contribution in [0.3, 0.4) is 0 Å². The molecule has 1 unspecified atom stereocenters. The molecule has 0 saturated carbocycles. The van der Waals surface area contributed by atoms with Crippen LogP contribution in [0.4, 0.5) is 0 Å². The lowest BCUT2D eigenvalue weighted by Gasteiger charge is -2.18. The van der Waals surface area contributed by atoms with Crippen LogP contribution in [-0.2, 0) is 6.54 Å². The van der Waals surface area contributed by atoms with Gasteiger partial charge in [-0.05, 0) is 45.0 Å². The van der Waals surface area contributed by atoms with Crippen molar-refractivity contribution in [2.45, 2.75) is 38.8 Å². The largest absolute Gasteiger partial charge is 0.472 e. The zero-order valence-electron chi connectivity index (χ0n) is 10.1. The monoisotopic (exact) mass is 222 g/mol. The van der Waals surface area contributed by atoms with Gasteiger partial charge in [-0.15, -0.1) is 0 Å². The summed E-state index contributed by atoms with van der Waals surface area (Å²) in [5.74, 6) is 0. The van der Waals surface area contributed by atoms with Crippen molar-refractivity contribution in [1.82, 2.24) is 10.2 Å². The summed E-state index contributed by atoms with van der Waals surface area (Å²) in [5, 5.41) is 3.62. The van der Waals surface area contributed by atoms with E-state index in [-0.39, 0.29) is 0 Å². The Hall–Kier alpha value is -0.800. The number of nitrogens with one attached hydrogen (secondary N) is 1. The minimum atomic E-state index is 0.673. The van der Waals surface area contributed by atoms with E-state index in [0.717, 1.165) is 6.54 Å². The molecule has 1 aromatic rings. The van der Waals surface area contributed by atoms with Crippen molar-refractivity contribution in [2.75, 3.05) is 19.6 Å². The Balaban J connectivity index is 1.73. The van der Waals surface area contributed by atoms with Crippen molar-refractivity contribution in [3.8, 4) is 0 Å². The summed E-state index contributed by atoms with van der Waals surface area (Å²) in [5.41, 5.74) is 1.25. The lowest BCUT2D eigenvalue weighted by molar-refractivity contribution is 0.297. The maximum absolute atomic E-state index is 5.07. The topological polar surface area (TPSA) is 28.4 Å². The van der Waals surface area contributed by atoms with E-state index < -0.39 is 0 Å². The van der Waals surface area contributed by atoms with Gasteiger partial charge in [-0.3, -0.25) is 0 Å². The molecule has 1 saturated heterocycles. The molecule has 0 radical (unpaired) electrons. The standard InChI is InChI=1S/C13H22N2O/c1-2-15-7-3-4-13(5-8-15)14-10-12-6-9-16-11-12/h6,9,11,13-14H,2-5,7-8,10H2,1H3. The van der Waals surface area contributed by atoms with Gasteiger partial charge in [0.1, 0.15) is 0 Å². The molecule has 2 heterocycles. The van der Waals surface area contributed by atoms with Gasteiger partial charge in [0.25, 0.3) is 0 Å². The zero-order valence-corrected chi connectivity index (χ0v) is 10.1. The van der Waals surface area contributed by atoms with E-state index in [1.807, 2.05) is 12.3 Å². The van der Waals surface area contributed by atoms with Crippen molar-refractivity contribution in [3.05, 3.63) is 24.2 Å². The van der Waals surface area contributed by atoms with E-state index >= 15 is 0 Å². The molecule has 1 aliphatic heterocycles. The number of rotatable bonds is 4. The predicted octanol–water partition coefficient (Wildman–Crippen LogP) is 2.24. The van der Waals surface area contributed by atoms with Gasteiger partial charge < -0.3 is 14.6 Å². The smallest absolute Gasteiger partial charge is 0.0947 e. The van der Waals surface area contributed by atoms with Crippen molar-refractivity contribution in [2.24, 2.45) is 0 Å². The zero-order chi connectivity index (χ0) is 11.2. The summed E-state index contributed by atoms with van der Waals surface area (Å²) in [6.45, 7) is 6.88. The van der Waals surface area contributed by atoms with E-state index in [4.69, 9.17) is 4.42 Å². The normalized spacial score (nSPS) is 23.2. The van der Waals surface area contributed by atoms with Gasteiger partial charge in [0, 0.05) is 18.2 Å². The Morgan fingerprint density at radius 1 is 1.44 bits per heavy atom. The second-order valence-corrected chi connectivity index (χ2v) is 4.57. The third-order valence-corrected chi connectivity index (χ3v) is 3.44. The van der Waals surface area contributed by atoms with Crippen LogP contribution in [-0.4, -0.2) is 30.6 Å². The third-order valence-electron chi connectivity index (χ3n) is 3.44. The highest BCUT2D eigenvalue weighted by molar-refractivity contribution is 5.04. The van der Waals surface area contributed by atoms with Crippen molar-refractivity contribution >= 4 is 0 Å². The summed E-state index contributed by atoms with van der Waals surface area (Å²) >= 11 is 0. The van der Waals surface area contributed by atoms with E-state index in [2.05, 4.69) is 17.1 Å². The molecule has 90 valence electrons. The first-order chi connectivity index (χ1) is 7.88. The molecule has 0 aliphatic carbocycles. The molecule has 0 aromatic carbocycles. The lowest BCUT2D eigenvalue weighted by Crippen LogP contribution is -2.30. The fraction of sp³-hybridized carbons (Fsp3) is 0.692. The second kappa shape index (κ2) is 6.06. The first kappa shape index (κ1) is 11.7. The highest BCUT2D eigenvalue weighted by Gasteiger charge is 2.15. The minimum absolute atomic E-state index is 0.673. The third kappa shape index (κ3) is 3.35. The van der Waals surface area contributed by atoms with Crippen molar-refractivity contribution in [1.29, 1.82) is 0 Å². The summed E-state index contributed by atoms with van der Waals surface area (Å²) in [7, 11) is 0. The van der Waals surface area contributed by atoms with E-state index in [1.165, 1.54) is 44.5 Å². The van der Waals surface area contributed by atoms with Crippen molar-refractivity contribution < 1.29 is 4.42 Å².